The lowest BCUT2D eigenvalue weighted by atomic mass is 10.2. The van der Waals surface area contributed by atoms with E-state index in [1.807, 2.05) is 30.0 Å². The second kappa shape index (κ2) is 7.85. The Morgan fingerprint density at radius 3 is 2.59 bits per heavy atom. The molecule has 17 heavy (non-hydrogen) atoms. The lowest BCUT2D eigenvalue weighted by Crippen LogP contribution is -2.25. The first-order valence-corrected chi connectivity index (χ1v) is 7.54. The van der Waals surface area contributed by atoms with Crippen molar-refractivity contribution in [3.63, 3.8) is 0 Å². The normalized spacial score (nSPS) is 11.1. The van der Waals surface area contributed by atoms with Crippen molar-refractivity contribution in [2.75, 3.05) is 31.1 Å². The van der Waals surface area contributed by atoms with Gasteiger partial charge >= 0.3 is 0 Å². The molecule has 0 saturated heterocycles. The molecular weight excluding hydrogens is 252 g/mol. The molecule has 0 heterocycles. The van der Waals surface area contributed by atoms with Gasteiger partial charge in [-0.15, -0.1) is 0 Å². The van der Waals surface area contributed by atoms with E-state index in [0.29, 0.717) is 5.02 Å². The average molecular weight is 273 g/mol. The van der Waals surface area contributed by atoms with Crippen LogP contribution in [0.5, 0.6) is 0 Å². The SMILES string of the molecule is CCN(CC)CCSCc1ccc(Cl)cc1N. The highest BCUT2D eigenvalue weighted by molar-refractivity contribution is 7.98. The summed E-state index contributed by atoms with van der Waals surface area (Å²) in [5, 5.41) is 0.708. The van der Waals surface area contributed by atoms with Crippen molar-refractivity contribution >= 4 is 29.1 Å². The maximum atomic E-state index is 5.91. The molecule has 1 aromatic rings. The Bertz CT molecular complexity index is 340. The van der Waals surface area contributed by atoms with E-state index < -0.39 is 0 Å². The number of nitrogens with two attached hydrogens (primary N) is 1. The smallest absolute Gasteiger partial charge is 0.0426 e. The molecule has 0 amide bonds. The topological polar surface area (TPSA) is 29.3 Å². The van der Waals surface area contributed by atoms with E-state index >= 15 is 0 Å². The largest absolute Gasteiger partial charge is 0.398 e. The Hall–Kier alpha value is -0.380. The molecule has 0 saturated carbocycles. The van der Waals surface area contributed by atoms with Crippen molar-refractivity contribution in [1.82, 2.24) is 4.90 Å². The zero-order valence-electron chi connectivity index (χ0n) is 10.6. The van der Waals surface area contributed by atoms with Crippen LogP contribution < -0.4 is 5.73 Å². The molecule has 0 bridgehead atoms. The summed E-state index contributed by atoms with van der Waals surface area (Å²) >= 11 is 7.78. The Balaban J connectivity index is 2.31. The van der Waals surface area contributed by atoms with Crippen molar-refractivity contribution < 1.29 is 0 Å². The molecule has 0 aliphatic carbocycles. The number of thioether (sulfide) groups is 1. The highest BCUT2D eigenvalue weighted by Crippen LogP contribution is 2.22. The molecule has 96 valence electrons. The molecule has 2 N–H and O–H groups in total. The molecule has 0 atom stereocenters. The number of halogens is 1. The Labute approximate surface area is 114 Å². The molecule has 0 aliphatic heterocycles. The van der Waals surface area contributed by atoms with Crippen molar-refractivity contribution in [3.8, 4) is 0 Å². The predicted molar refractivity (Wildman–Crippen MR) is 79.8 cm³/mol. The summed E-state index contributed by atoms with van der Waals surface area (Å²) in [5.41, 5.74) is 7.89. The summed E-state index contributed by atoms with van der Waals surface area (Å²) in [6, 6.07) is 5.74. The van der Waals surface area contributed by atoms with Gasteiger partial charge in [-0.25, -0.2) is 0 Å². The van der Waals surface area contributed by atoms with Crippen LogP contribution in [0.3, 0.4) is 0 Å². The highest BCUT2D eigenvalue weighted by Gasteiger charge is 2.02. The summed E-state index contributed by atoms with van der Waals surface area (Å²) in [4.78, 5) is 2.43. The number of nitrogen functional groups attached to an aromatic ring is 1. The van der Waals surface area contributed by atoms with Crippen LogP contribution in [0, 0.1) is 0 Å². The molecule has 1 aromatic carbocycles. The third kappa shape index (κ3) is 5.19. The van der Waals surface area contributed by atoms with E-state index in [1.165, 1.54) is 5.56 Å². The van der Waals surface area contributed by atoms with Crippen LogP contribution in [0.4, 0.5) is 5.69 Å². The van der Waals surface area contributed by atoms with Crippen LogP contribution in [0.1, 0.15) is 19.4 Å². The van der Waals surface area contributed by atoms with E-state index in [9.17, 15) is 0 Å². The maximum Gasteiger partial charge on any atom is 0.0426 e. The average Bonchev–Trinajstić information content (AvgIpc) is 2.32. The third-order valence-electron chi connectivity index (χ3n) is 2.81. The minimum atomic E-state index is 0.708. The molecule has 0 fully saturated rings. The van der Waals surface area contributed by atoms with Crippen molar-refractivity contribution in [3.05, 3.63) is 28.8 Å². The van der Waals surface area contributed by atoms with Crippen LogP contribution in [-0.2, 0) is 5.75 Å². The maximum absolute atomic E-state index is 5.91. The lowest BCUT2D eigenvalue weighted by Gasteiger charge is -2.17. The Kier molecular flexibility index (Phi) is 6.78. The van der Waals surface area contributed by atoms with Gasteiger partial charge < -0.3 is 10.6 Å². The predicted octanol–water partition coefficient (Wildman–Crippen LogP) is 3.50. The first-order valence-electron chi connectivity index (χ1n) is 6.01. The zero-order valence-corrected chi connectivity index (χ0v) is 12.2. The van der Waals surface area contributed by atoms with Gasteiger partial charge in [-0.2, -0.15) is 11.8 Å². The number of anilines is 1. The number of rotatable bonds is 7. The number of hydrogen-bond donors (Lipinski definition) is 1. The summed E-state index contributed by atoms with van der Waals surface area (Å²) in [7, 11) is 0. The van der Waals surface area contributed by atoms with E-state index in [4.69, 9.17) is 17.3 Å². The molecule has 2 nitrogen and oxygen atoms in total. The van der Waals surface area contributed by atoms with Crippen LogP contribution >= 0.6 is 23.4 Å². The fourth-order valence-corrected chi connectivity index (χ4v) is 2.81. The van der Waals surface area contributed by atoms with Gasteiger partial charge in [0, 0.05) is 28.8 Å². The minimum absolute atomic E-state index is 0.708. The third-order valence-corrected chi connectivity index (χ3v) is 4.03. The second-order valence-corrected chi connectivity index (χ2v) is 5.46. The van der Waals surface area contributed by atoms with Gasteiger partial charge in [0.05, 0.1) is 0 Å². The van der Waals surface area contributed by atoms with Gasteiger partial charge in [-0.3, -0.25) is 0 Å². The van der Waals surface area contributed by atoms with E-state index in [0.717, 1.165) is 36.8 Å². The fourth-order valence-electron chi connectivity index (χ4n) is 1.61. The highest BCUT2D eigenvalue weighted by atomic mass is 35.5. The van der Waals surface area contributed by atoms with E-state index in [1.54, 1.807) is 0 Å². The first-order chi connectivity index (χ1) is 8.17. The summed E-state index contributed by atoms with van der Waals surface area (Å²) < 4.78 is 0. The first kappa shape index (κ1) is 14.7. The van der Waals surface area contributed by atoms with Crippen LogP contribution in [0.15, 0.2) is 18.2 Å². The van der Waals surface area contributed by atoms with Crippen LogP contribution in [0.25, 0.3) is 0 Å². The van der Waals surface area contributed by atoms with E-state index in [2.05, 4.69) is 18.7 Å². The summed E-state index contributed by atoms with van der Waals surface area (Å²) in [5.74, 6) is 2.11. The van der Waals surface area contributed by atoms with Gasteiger partial charge in [-0.1, -0.05) is 31.5 Å². The van der Waals surface area contributed by atoms with Crippen molar-refractivity contribution in [2.45, 2.75) is 19.6 Å². The van der Waals surface area contributed by atoms with Crippen LogP contribution in [-0.4, -0.2) is 30.3 Å². The number of benzene rings is 1. The molecule has 0 spiro atoms. The van der Waals surface area contributed by atoms with Crippen molar-refractivity contribution in [1.29, 1.82) is 0 Å². The minimum Gasteiger partial charge on any atom is -0.398 e. The number of hydrogen-bond acceptors (Lipinski definition) is 3. The zero-order chi connectivity index (χ0) is 12.7. The lowest BCUT2D eigenvalue weighted by molar-refractivity contribution is 0.324. The van der Waals surface area contributed by atoms with Crippen LogP contribution in [0.2, 0.25) is 5.02 Å². The quantitative estimate of drug-likeness (QED) is 0.609. The van der Waals surface area contributed by atoms with Gasteiger partial charge in [0.25, 0.3) is 0 Å². The van der Waals surface area contributed by atoms with Gasteiger partial charge in [0.15, 0.2) is 0 Å². The summed E-state index contributed by atoms with van der Waals surface area (Å²) in [6.45, 7) is 7.79. The van der Waals surface area contributed by atoms with E-state index in [-0.39, 0.29) is 0 Å². The molecule has 1 rings (SSSR count). The molecular formula is C13H21ClN2S. The Morgan fingerprint density at radius 2 is 2.00 bits per heavy atom. The second-order valence-electron chi connectivity index (χ2n) is 3.92. The monoisotopic (exact) mass is 272 g/mol. The standard InChI is InChI=1S/C13H21ClN2S/c1-3-16(4-2)7-8-17-10-11-5-6-12(14)9-13(11)15/h5-6,9H,3-4,7-8,10,15H2,1-2H3. The number of nitrogens with zero attached hydrogens (tertiary/aromatic N) is 1. The Morgan fingerprint density at radius 1 is 1.29 bits per heavy atom. The van der Waals surface area contributed by atoms with Gasteiger partial charge in [0.2, 0.25) is 0 Å². The molecule has 4 heteroatoms. The van der Waals surface area contributed by atoms with Gasteiger partial charge in [-0.05, 0) is 30.8 Å². The molecule has 0 aliphatic rings. The molecule has 0 radical (unpaired) electrons. The molecule has 0 unspecified atom stereocenters. The fraction of sp³-hybridized carbons (Fsp3) is 0.538. The molecule has 0 aromatic heterocycles. The summed E-state index contributed by atoms with van der Waals surface area (Å²) in [6.07, 6.45) is 0. The van der Waals surface area contributed by atoms with Crippen molar-refractivity contribution in [2.24, 2.45) is 0 Å². The van der Waals surface area contributed by atoms with Gasteiger partial charge in [0.1, 0.15) is 0 Å².